The lowest BCUT2D eigenvalue weighted by Crippen LogP contribution is -2.35. The number of amides is 1. The molecule has 2 aromatic heterocycles. The molecule has 0 spiro atoms. The van der Waals surface area contributed by atoms with Gasteiger partial charge in [0.2, 0.25) is 0 Å². The second kappa shape index (κ2) is 10.1. The Labute approximate surface area is 186 Å². The van der Waals surface area contributed by atoms with Gasteiger partial charge in [0.05, 0.1) is 12.8 Å². The van der Waals surface area contributed by atoms with Crippen LogP contribution in [0.2, 0.25) is 0 Å². The second-order valence-corrected chi connectivity index (χ2v) is 7.72. The molecule has 0 bridgehead atoms. The van der Waals surface area contributed by atoms with Crippen molar-refractivity contribution in [3.8, 4) is 5.75 Å². The SMILES string of the molecule is COc1ccc(C(=O)Nc2cccnc2NCC2CCN(c3ccncc3)CC2)cc1F. The molecule has 2 N–H and O–H groups in total. The minimum Gasteiger partial charge on any atom is -0.494 e. The van der Waals surface area contributed by atoms with Crippen molar-refractivity contribution in [2.75, 3.05) is 42.3 Å². The molecule has 7 nitrogen and oxygen atoms in total. The number of halogens is 1. The van der Waals surface area contributed by atoms with Crippen LogP contribution in [-0.2, 0) is 0 Å². The van der Waals surface area contributed by atoms with E-state index in [2.05, 4.69) is 25.5 Å². The molecule has 8 heteroatoms. The van der Waals surface area contributed by atoms with E-state index in [4.69, 9.17) is 4.74 Å². The average Bonchev–Trinajstić information content (AvgIpc) is 2.84. The number of ether oxygens (including phenoxy) is 1. The topological polar surface area (TPSA) is 79.4 Å². The second-order valence-electron chi connectivity index (χ2n) is 7.72. The highest BCUT2D eigenvalue weighted by Gasteiger charge is 2.20. The molecule has 166 valence electrons. The molecule has 0 radical (unpaired) electrons. The fourth-order valence-electron chi connectivity index (χ4n) is 3.84. The zero-order chi connectivity index (χ0) is 22.3. The molecule has 3 aromatic rings. The lowest BCUT2D eigenvalue weighted by Gasteiger charge is -2.33. The third-order valence-corrected chi connectivity index (χ3v) is 5.67. The predicted octanol–water partition coefficient (Wildman–Crippen LogP) is 4.21. The van der Waals surface area contributed by atoms with E-state index in [1.165, 1.54) is 24.9 Å². The van der Waals surface area contributed by atoms with Crippen molar-refractivity contribution in [2.24, 2.45) is 5.92 Å². The highest BCUT2D eigenvalue weighted by atomic mass is 19.1. The van der Waals surface area contributed by atoms with Gasteiger partial charge < -0.3 is 20.3 Å². The van der Waals surface area contributed by atoms with Crippen LogP contribution in [-0.4, -0.2) is 42.6 Å². The summed E-state index contributed by atoms with van der Waals surface area (Å²) in [6.45, 7) is 2.75. The maximum absolute atomic E-state index is 14.0. The highest BCUT2D eigenvalue weighted by molar-refractivity contribution is 6.05. The van der Waals surface area contributed by atoms with Gasteiger partial charge in [0, 0.05) is 49.5 Å². The van der Waals surface area contributed by atoms with Crippen LogP contribution in [0.5, 0.6) is 5.75 Å². The molecule has 1 fully saturated rings. The smallest absolute Gasteiger partial charge is 0.255 e. The summed E-state index contributed by atoms with van der Waals surface area (Å²) in [4.78, 5) is 23.4. The van der Waals surface area contributed by atoms with Crippen molar-refractivity contribution < 1.29 is 13.9 Å². The average molecular weight is 436 g/mol. The van der Waals surface area contributed by atoms with E-state index in [1.807, 2.05) is 24.5 Å². The third kappa shape index (κ3) is 5.14. The summed E-state index contributed by atoms with van der Waals surface area (Å²) in [7, 11) is 1.38. The summed E-state index contributed by atoms with van der Waals surface area (Å²) in [5.41, 5.74) is 1.97. The molecule has 0 unspecified atom stereocenters. The molecule has 0 saturated carbocycles. The number of nitrogens with zero attached hydrogens (tertiary/aromatic N) is 3. The van der Waals surface area contributed by atoms with Gasteiger partial charge in [-0.25, -0.2) is 9.37 Å². The van der Waals surface area contributed by atoms with Crippen LogP contribution in [0.15, 0.2) is 61.1 Å². The number of anilines is 3. The van der Waals surface area contributed by atoms with Crippen molar-refractivity contribution in [1.82, 2.24) is 9.97 Å². The van der Waals surface area contributed by atoms with E-state index in [-0.39, 0.29) is 11.3 Å². The summed E-state index contributed by atoms with van der Waals surface area (Å²) < 4.78 is 18.9. The van der Waals surface area contributed by atoms with E-state index in [9.17, 15) is 9.18 Å². The number of nitrogens with one attached hydrogen (secondary N) is 2. The maximum Gasteiger partial charge on any atom is 0.255 e. The van der Waals surface area contributed by atoms with E-state index in [0.717, 1.165) is 38.5 Å². The van der Waals surface area contributed by atoms with Gasteiger partial charge in [0.1, 0.15) is 5.82 Å². The molecule has 1 saturated heterocycles. The van der Waals surface area contributed by atoms with E-state index >= 15 is 0 Å². The normalized spacial score (nSPS) is 14.1. The third-order valence-electron chi connectivity index (χ3n) is 5.67. The summed E-state index contributed by atoms with van der Waals surface area (Å²) >= 11 is 0. The van der Waals surface area contributed by atoms with Gasteiger partial charge in [-0.15, -0.1) is 0 Å². The fraction of sp³-hybridized carbons (Fsp3) is 0.292. The first-order valence-electron chi connectivity index (χ1n) is 10.6. The number of hydrogen-bond acceptors (Lipinski definition) is 6. The Balaban J connectivity index is 1.34. The van der Waals surface area contributed by atoms with Gasteiger partial charge in [-0.05, 0) is 61.2 Å². The van der Waals surface area contributed by atoms with Crippen LogP contribution >= 0.6 is 0 Å². The maximum atomic E-state index is 14.0. The quantitative estimate of drug-likeness (QED) is 0.579. The Morgan fingerprint density at radius 2 is 1.94 bits per heavy atom. The van der Waals surface area contributed by atoms with Crippen molar-refractivity contribution in [2.45, 2.75) is 12.8 Å². The first kappa shape index (κ1) is 21.5. The molecule has 32 heavy (non-hydrogen) atoms. The molecule has 1 aliphatic heterocycles. The Bertz CT molecular complexity index is 1060. The van der Waals surface area contributed by atoms with Crippen LogP contribution in [0.3, 0.4) is 0 Å². The first-order valence-corrected chi connectivity index (χ1v) is 10.6. The lowest BCUT2D eigenvalue weighted by molar-refractivity contribution is 0.102. The zero-order valence-corrected chi connectivity index (χ0v) is 17.9. The van der Waals surface area contributed by atoms with Gasteiger partial charge in [0.15, 0.2) is 11.6 Å². The van der Waals surface area contributed by atoms with Crippen LogP contribution in [0.4, 0.5) is 21.6 Å². The fourth-order valence-corrected chi connectivity index (χ4v) is 3.84. The summed E-state index contributed by atoms with van der Waals surface area (Å²) in [6, 6.07) is 11.7. The molecule has 1 amide bonds. The van der Waals surface area contributed by atoms with Crippen LogP contribution in [0.25, 0.3) is 0 Å². The minimum atomic E-state index is -0.581. The van der Waals surface area contributed by atoms with Crippen LogP contribution in [0, 0.1) is 11.7 Å². The molecule has 0 aliphatic carbocycles. The highest BCUT2D eigenvalue weighted by Crippen LogP contribution is 2.25. The monoisotopic (exact) mass is 435 g/mol. The first-order chi connectivity index (χ1) is 15.6. The van der Waals surface area contributed by atoms with Crippen molar-refractivity contribution in [3.63, 3.8) is 0 Å². The summed E-state index contributed by atoms with van der Waals surface area (Å²) in [5.74, 6) is 0.219. The lowest BCUT2D eigenvalue weighted by atomic mass is 9.96. The predicted molar refractivity (Wildman–Crippen MR) is 123 cm³/mol. The molecule has 3 heterocycles. The number of hydrogen-bond donors (Lipinski definition) is 2. The van der Waals surface area contributed by atoms with E-state index in [0.29, 0.717) is 17.4 Å². The molecular formula is C24H26FN5O2. The number of rotatable bonds is 7. The Hall–Kier alpha value is -3.68. The Morgan fingerprint density at radius 3 is 2.66 bits per heavy atom. The summed E-state index contributed by atoms with van der Waals surface area (Å²) in [5, 5.41) is 6.20. The number of carbonyl (C=O) groups excluding carboxylic acids is 1. The number of methoxy groups -OCH3 is 1. The largest absolute Gasteiger partial charge is 0.494 e. The van der Waals surface area contributed by atoms with Gasteiger partial charge in [-0.1, -0.05) is 0 Å². The molecular weight excluding hydrogens is 409 g/mol. The van der Waals surface area contributed by atoms with Gasteiger partial charge in [0.25, 0.3) is 5.91 Å². The molecule has 0 atom stereocenters. The number of aromatic nitrogens is 2. The van der Waals surface area contributed by atoms with Gasteiger partial charge in [-0.3, -0.25) is 9.78 Å². The van der Waals surface area contributed by atoms with Crippen molar-refractivity contribution in [1.29, 1.82) is 0 Å². The van der Waals surface area contributed by atoms with Crippen LogP contribution in [0.1, 0.15) is 23.2 Å². The number of benzene rings is 1. The number of pyridine rings is 2. The minimum absolute atomic E-state index is 0.0975. The standard InChI is InChI=1S/C24H26FN5O2/c1-32-22-5-4-18(15-20(22)25)24(31)29-21-3-2-10-27-23(21)28-16-17-8-13-30(14-9-17)19-6-11-26-12-7-19/h2-7,10-12,15,17H,8-9,13-14,16H2,1H3,(H,27,28)(H,29,31). The van der Waals surface area contributed by atoms with E-state index in [1.54, 1.807) is 18.3 Å². The number of piperidine rings is 1. The van der Waals surface area contributed by atoms with Gasteiger partial charge >= 0.3 is 0 Å². The van der Waals surface area contributed by atoms with Crippen LogP contribution < -0.4 is 20.3 Å². The Morgan fingerprint density at radius 1 is 1.16 bits per heavy atom. The molecule has 4 rings (SSSR count). The van der Waals surface area contributed by atoms with Crippen molar-refractivity contribution in [3.05, 3.63) is 72.4 Å². The zero-order valence-electron chi connectivity index (χ0n) is 17.9. The molecule has 1 aromatic carbocycles. The van der Waals surface area contributed by atoms with Crippen molar-refractivity contribution >= 4 is 23.1 Å². The van der Waals surface area contributed by atoms with Gasteiger partial charge in [-0.2, -0.15) is 0 Å². The Kier molecular flexibility index (Phi) is 6.79. The molecule has 1 aliphatic rings. The number of carbonyl (C=O) groups is 1. The summed E-state index contributed by atoms with van der Waals surface area (Å²) in [6.07, 6.45) is 7.45. The van der Waals surface area contributed by atoms with E-state index < -0.39 is 11.7 Å².